The summed E-state index contributed by atoms with van der Waals surface area (Å²) in [5.41, 5.74) is 4.13. The Kier molecular flexibility index (Phi) is 8.42. The zero-order valence-corrected chi connectivity index (χ0v) is 24.6. The van der Waals surface area contributed by atoms with E-state index in [4.69, 9.17) is 17.0 Å². The first-order chi connectivity index (χ1) is 19.3. The Labute approximate surface area is 243 Å². The van der Waals surface area contributed by atoms with Gasteiger partial charge in [0.25, 0.3) is 11.5 Å². The van der Waals surface area contributed by atoms with Gasteiger partial charge in [0.2, 0.25) is 0 Å². The first kappa shape index (κ1) is 28.1. The Morgan fingerprint density at radius 2 is 1.77 bits per heavy atom. The second-order valence-corrected chi connectivity index (χ2v) is 11.8. The molecule has 5 rings (SSSR count). The maximum atomic E-state index is 14.0. The number of para-hydroxylation sites is 1. The van der Waals surface area contributed by atoms with E-state index in [9.17, 15) is 14.4 Å². The van der Waals surface area contributed by atoms with Gasteiger partial charge in [-0.25, -0.2) is 0 Å². The van der Waals surface area contributed by atoms with Gasteiger partial charge in [-0.15, -0.1) is 0 Å². The highest BCUT2D eigenvalue weighted by Gasteiger charge is 2.34. The van der Waals surface area contributed by atoms with Crippen LogP contribution in [0.1, 0.15) is 43.4 Å². The van der Waals surface area contributed by atoms with Crippen LogP contribution in [-0.4, -0.2) is 45.4 Å². The summed E-state index contributed by atoms with van der Waals surface area (Å²) >= 11 is 6.83. The number of aryl methyl sites for hydroxylation is 2. The SMILES string of the molecule is CCOC(=O)C1CCN(c2c(C=C3SC(=S)N(Cc4ccc(C)cc4)C3=O)c(=O)n(CC)c3ccccc23)CC1. The normalized spacial score (nSPS) is 17.3. The van der Waals surface area contributed by atoms with Gasteiger partial charge in [0, 0.05) is 25.0 Å². The van der Waals surface area contributed by atoms with Gasteiger partial charge >= 0.3 is 5.97 Å². The minimum Gasteiger partial charge on any atom is -0.466 e. The molecule has 0 N–H and O–H groups in total. The maximum absolute atomic E-state index is 14.0. The molecule has 40 heavy (non-hydrogen) atoms. The fourth-order valence-electron chi connectivity index (χ4n) is 5.44. The molecule has 0 bridgehead atoms. The van der Waals surface area contributed by atoms with Gasteiger partial charge in [-0.05, 0) is 51.3 Å². The van der Waals surface area contributed by atoms with Crippen LogP contribution in [0.15, 0.2) is 58.2 Å². The quantitative estimate of drug-likeness (QED) is 0.209. The second kappa shape index (κ2) is 12.0. The number of carbonyl (C=O) groups is 2. The summed E-state index contributed by atoms with van der Waals surface area (Å²) < 4.78 is 7.49. The van der Waals surface area contributed by atoms with Crippen molar-refractivity contribution in [2.45, 2.75) is 46.7 Å². The van der Waals surface area contributed by atoms with E-state index in [-0.39, 0.29) is 23.4 Å². The van der Waals surface area contributed by atoms with Crippen molar-refractivity contribution in [3.63, 3.8) is 0 Å². The van der Waals surface area contributed by atoms with Crippen molar-refractivity contribution in [2.75, 3.05) is 24.6 Å². The van der Waals surface area contributed by atoms with Gasteiger partial charge in [-0.1, -0.05) is 72.0 Å². The van der Waals surface area contributed by atoms with E-state index in [0.717, 1.165) is 27.7 Å². The highest BCUT2D eigenvalue weighted by Crippen LogP contribution is 2.38. The number of esters is 1. The van der Waals surface area contributed by atoms with E-state index in [1.165, 1.54) is 11.8 Å². The third-order valence-electron chi connectivity index (χ3n) is 7.54. The molecule has 1 amide bonds. The summed E-state index contributed by atoms with van der Waals surface area (Å²) in [6.07, 6.45) is 3.01. The number of piperidine rings is 1. The Balaban J connectivity index is 1.55. The van der Waals surface area contributed by atoms with E-state index < -0.39 is 0 Å². The Hall–Kier alpha value is -3.43. The molecule has 2 saturated heterocycles. The molecule has 0 unspecified atom stereocenters. The number of carbonyl (C=O) groups excluding carboxylic acids is 2. The number of ether oxygens (including phenoxy) is 1. The van der Waals surface area contributed by atoms with E-state index in [0.29, 0.717) is 60.4 Å². The fourth-order valence-corrected chi connectivity index (χ4v) is 6.67. The van der Waals surface area contributed by atoms with Crippen LogP contribution >= 0.6 is 24.0 Å². The summed E-state index contributed by atoms with van der Waals surface area (Å²) in [7, 11) is 0. The van der Waals surface area contributed by atoms with Crippen molar-refractivity contribution < 1.29 is 14.3 Å². The molecule has 0 aliphatic carbocycles. The number of thiocarbonyl (C=S) groups is 1. The smallest absolute Gasteiger partial charge is 0.309 e. The number of rotatable bonds is 7. The molecule has 2 aliphatic heterocycles. The molecule has 3 heterocycles. The van der Waals surface area contributed by atoms with Crippen LogP contribution in [0.5, 0.6) is 0 Å². The summed E-state index contributed by atoms with van der Waals surface area (Å²) in [6.45, 7) is 8.26. The lowest BCUT2D eigenvalue weighted by atomic mass is 9.95. The summed E-state index contributed by atoms with van der Waals surface area (Å²) in [4.78, 5) is 44.1. The summed E-state index contributed by atoms with van der Waals surface area (Å²) in [6, 6.07) is 15.9. The van der Waals surface area contributed by atoms with Crippen LogP contribution < -0.4 is 10.5 Å². The number of fused-ring (bicyclic) bond motifs is 1. The molecule has 7 nitrogen and oxygen atoms in total. The van der Waals surface area contributed by atoms with E-state index in [1.54, 1.807) is 15.5 Å². The predicted molar refractivity (Wildman–Crippen MR) is 165 cm³/mol. The minimum absolute atomic E-state index is 0.146. The number of nitrogens with zero attached hydrogens (tertiary/aromatic N) is 3. The number of hydrogen-bond acceptors (Lipinski definition) is 7. The van der Waals surface area contributed by atoms with Crippen LogP contribution in [-0.2, 0) is 27.4 Å². The molecule has 2 aromatic carbocycles. The van der Waals surface area contributed by atoms with Gasteiger partial charge in [-0.3, -0.25) is 19.3 Å². The zero-order valence-electron chi connectivity index (χ0n) is 23.0. The molecular weight excluding hydrogens is 542 g/mol. The van der Waals surface area contributed by atoms with Gasteiger partial charge in [0.15, 0.2) is 0 Å². The third-order valence-corrected chi connectivity index (χ3v) is 8.92. The molecule has 0 radical (unpaired) electrons. The molecule has 2 fully saturated rings. The predicted octanol–water partition coefficient (Wildman–Crippen LogP) is 5.51. The molecule has 0 atom stereocenters. The first-order valence-electron chi connectivity index (χ1n) is 13.7. The van der Waals surface area contributed by atoms with E-state index in [1.807, 2.05) is 69.3 Å². The van der Waals surface area contributed by atoms with Crippen LogP contribution in [0, 0.1) is 12.8 Å². The average molecular weight is 576 g/mol. The highest BCUT2D eigenvalue weighted by atomic mass is 32.2. The fraction of sp³-hybridized carbons (Fsp3) is 0.355. The topological polar surface area (TPSA) is 71.8 Å². The van der Waals surface area contributed by atoms with Crippen molar-refractivity contribution in [1.82, 2.24) is 9.47 Å². The maximum Gasteiger partial charge on any atom is 0.309 e. The lowest BCUT2D eigenvalue weighted by molar-refractivity contribution is -0.148. The molecular formula is C31H33N3O4S2. The van der Waals surface area contributed by atoms with Gasteiger partial charge in [0.1, 0.15) is 4.32 Å². The monoisotopic (exact) mass is 575 g/mol. The highest BCUT2D eigenvalue weighted by molar-refractivity contribution is 8.26. The van der Waals surface area contributed by atoms with Crippen molar-refractivity contribution in [3.8, 4) is 0 Å². The molecule has 0 saturated carbocycles. The van der Waals surface area contributed by atoms with Crippen molar-refractivity contribution in [3.05, 3.63) is 80.5 Å². The average Bonchev–Trinajstić information content (AvgIpc) is 3.22. The van der Waals surface area contributed by atoms with Crippen molar-refractivity contribution >= 4 is 62.8 Å². The summed E-state index contributed by atoms with van der Waals surface area (Å²) in [5, 5.41) is 0.944. The standard InChI is InChI=1S/C31H33N3O4S2/c1-4-33-25-9-7-6-8-23(25)27(32-16-14-22(15-17-32)30(37)38-5-2)24(28(33)35)18-26-29(36)34(31(39)40-26)19-21-12-10-20(3)11-13-21/h6-13,18,22H,4-5,14-17,19H2,1-3H3. The van der Waals surface area contributed by atoms with Gasteiger partial charge in [0.05, 0.1) is 40.7 Å². The Morgan fingerprint density at radius 3 is 2.45 bits per heavy atom. The number of amides is 1. The Bertz CT molecular complexity index is 1550. The number of thioether (sulfide) groups is 1. The number of aromatic nitrogens is 1. The summed E-state index contributed by atoms with van der Waals surface area (Å²) in [5.74, 6) is -0.510. The molecule has 1 aromatic heterocycles. The number of pyridine rings is 1. The first-order valence-corrected chi connectivity index (χ1v) is 14.9. The molecule has 3 aromatic rings. The van der Waals surface area contributed by atoms with Crippen molar-refractivity contribution in [2.24, 2.45) is 5.92 Å². The lowest BCUT2D eigenvalue weighted by Crippen LogP contribution is -2.39. The van der Waals surface area contributed by atoms with Crippen LogP contribution in [0.2, 0.25) is 0 Å². The van der Waals surface area contributed by atoms with Gasteiger partial charge in [-0.2, -0.15) is 0 Å². The molecule has 9 heteroatoms. The second-order valence-electron chi connectivity index (χ2n) is 10.1. The molecule has 2 aliphatic rings. The number of hydrogen-bond donors (Lipinski definition) is 0. The molecule has 0 spiro atoms. The largest absolute Gasteiger partial charge is 0.466 e. The van der Waals surface area contributed by atoms with E-state index >= 15 is 0 Å². The van der Waals surface area contributed by atoms with Crippen LogP contribution in [0.25, 0.3) is 17.0 Å². The Morgan fingerprint density at radius 1 is 1.07 bits per heavy atom. The number of anilines is 1. The van der Waals surface area contributed by atoms with Gasteiger partial charge < -0.3 is 14.2 Å². The number of benzene rings is 2. The zero-order chi connectivity index (χ0) is 28.4. The third kappa shape index (κ3) is 5.45. The minimum atomic E-state index is -0.196. The van der Waals surface area contributed by atoms with Crippen molar-refractivity contribution in [1.29, 1.82) is 0 Å². The van der Waals surface area contributed by atoms with E-state index in [2.05, 4.69) is 4.90 Å². The van der Waals surface area contributed by atoms with Crippen LogP contribution in [0.3, 0.4) is 0 Å². The van der Waals surface area contributed by atoms with Crippen LogP contribution in [0.4, 0.5) is 5.69 Å². The lowest BCUT2D eigenvalue weighted by Gasteiger charge is -2.34. The molecule has 208 valence electrons.